The van der Waals surface area contributed by atoms with E-state index in [0.717, 1.165) is 0 Å². The van der Waals surface area contributed by atoms with E-state index in [4.69, 9.17) is 14.2 Å². The van der Waals surface area contributed by atoms with Crippen molar-refractivity contribution in [3.05, 3.63) is 17.7 Å². The number of nitrogens with one attached hydrogen (secondary N) is 1. The fraction of sp³-hybridized carbons (Fsp3) is 0.462. The monoisotopic (exact) mass is 303 g/mol. The summed E-state index contributed by atoms with van der Waals surface area (Å²) in [6.45, 7) is -1.01. The van der Waals surface area contributed by atoms with Crippen LogP contribution in [0.25, 0.3) is 0 Å². The second-order valence-corrected chi connectivity index (χ2v) is 4.36. The average Bonchev–Trinajstić information content (AvgIpc) is 2.48. The zero-order valence-electron chi connectivity index (χ0n) is 11.7. The Hall–Kier alpha value is -2.25. The highest BCUT2D eigenvalue weighted by Gasteiger charge is 2.49. The Morgan fingerprint density at radius 1 is 1.19 bits per heavy atom. The maximum absolute atomic E-state index is 14.1. The van der Waals surface area contributed by atoms with Crippen molar-refractivity contribution in [3.8, 4) is 17.2 Å². The van der Waals surface area contributed by atoms with Crippen LogP contribution in [0.15, 0.2) is 12.1 Å². The predicted molar refractivity (Wildman–Crippen MR) is 68.3 cm³/mol. The van der Waals surface area contributed by atoms with Gasteiger partial charge in [-0.3, -0.25) is 0 Å². The van der Waals surface area contributed by atoms with E-state index in [2.05, 4.69) is 10.1 Å². The molecule has 1 amide bonds. The summed E-state index contributed by atoms with van der Waals surface area (Å²) in [5.41, 5.74) is 0.0300. The molecule has 1 aliphatic rings. The van der Waals surface area contributed by atoms with Crippen molar-refractivity contribution < 1.29 is 32.5 Å². The number of carbonyl (C=O) groups is 1. The van der Waals surface area contributed by atoms with E-state index in [1.807, 2.05) is 0 Å². The predicted octanol–water partition coefficient (Wildman–Crippen LogP) is 2.13. The zero-order chi connectivity index (χ0) is 15.6. The second-order valence-electron chi connectivity index (χ2n) is 4.36. The number of hydrogen-bond acceptors (Lipinski definition) is 5. The fourth-order valence-corrected chi connectivity index (χ4v) is 2.11. The number of carbonyl (C=O) groups excluding carboxylic acids is 1. The molecule has 1 aliphatic heterocycles. The van der Waals surface area contributed by atoms with Crippen LogP contribution < -0.4 is 19.5 Å². The number of ether oxygens (including phenoxy) is 4. The molecule has 0 aromatic heterocycles. The van der Waals surface area contributed by atoms with Gasteiger partial charge < -0.3 is 24.3 Å². The molecule has 1 aromatic rings. The Balaban J connectivity index is 2.57. The molecule has 0 bridgehead atoms. The van der Waals surface area contributed by atoms with Crippen LogP contribution in [0.5, 0.6) is 17.2 Å². The lowest BCUT2D eigenvalue weighted by atomic mass is 9.97. The summed E-state index contributed by atoms with van der Waals surface area (Å²) in [4.78, 5) is 11.3. The van der Waals surface area contributed by atoms with Crippen molar-refractivity contribution >= 4 is 6.09 Å². The zero-order valence-corrected chi connectivity index (χ0v) is 11.7. The molecule has 0 spiro atoms. The minimum atomic E-state index is -3.30. The van der Waals surface area contributed by atoms with Gasteiger partial charge in [0.1, 0.15) is 23.3 Å². The molecule has 1 atom stereocenters. The van der Waals surface area contributed by atoms with E-state index in [1.54, 1.807) is 0 Å². The van der Waals surface area contributed by atoms with Crippen LogP contribution in [0.4, 0.5) is 13.6 Å². The summed E-state index contributed by atoms with van der Waals surface area (Å²) in [5, 5.41) is 2.10. The lowest BCUT2D eigenvalue weighted by molar-refractivity contribution is -0.105. The van der Waals surface area contributed by atoms with E-state index in [-0.39, 0.29) is 17.1 Å². The summed E-state index contributed by atoms with van der Waals surface area (Å²) in [6, 6.07) is 1.26. The normalized spacial score (nSPS) is 20.2. The van der Waals surface area contributed by atoms with Crippen LogP contribution in [-0.2, 0) is 4.74 Å². The number of rotatable bonds is 4. The Kier molecular flexibility index (Phi) is 4.06. The molecule has 0 radical (unpaired) electrons. The van der Waals surface area contributed by atoms with Crippen molar-refractivity contribution in [2.45, 2.75) is 12.0 Å². The average molecular weight is 303 g/mol. The number of methoxy groups -OCH3 is 3. The van der Waals surface area contributed by atoms with Gasteiger partial charge in [-0.25, -0.2) is 13.6 Å². The van der Waals surface area contributed by atoms with Crippen molar-refractivity contribution in [1.29, 1.82) is 0 Å². The van der Waals surface area contributed by atoms with E-state index < -0.39 is 24.7 Å². The minimum Gasteiger partial charge on any atom is -0.496 e. The number of benzene rings is 1. The van der Waals surface area contributed by atoms with Crippen LogP contribution in [0, 0.1) is 0 Å². The molecular weight excluding hydrogens is 288 g/mol. The van der Waals surface area contributed by atoms with Crippen LogP contribution >= 0.6 is 0 Å². The molecule has 6 nitrogen and oxygen atoms in total. The molecule has 2 rings (SSSR count). The van der Waals surface area contributed by atoms with Crippen LogP contribution in [0.3, 0.4) is 0 Å². The van der Waals surface area contributed by atoms with E-state index in [0.29, 0.717) is 5.75 Å². The Bertz CT molecular complexity index is 524. The molecule has 0 unspecified atom stereocenters. The van der Waals surface area contributed by atoms with Gasteiger partial charge in [0.05, 0.1) is 26.9 Å². The van der Waals surface area contributed by atoms with Crippen molar-refractivity contribution in [1.82, 2.24) is 5.32 Å². The van der Waals surface area contributed by atoms with Gasteiger partial charge in [0, 0.05) is 12.1 Å². The van der Waals surface area contributed by atoms with Crippen molar-refractivity contribution in [2.24, 2.45) is 0 Å². The molecule has 8 heteroatoms. The molecule has 116 valence electrons. The highest BCUT2D eigenvalue weighted by atomic mass is 19.3. The number of alkyl carbamates (subject to hydrolysis) is 1. The molecule has 1 fully saturated rings. The first-order valence-electron chi connectivity index (χ1n) is 6.04. The van der Waals surface area contributed by atoms with Gasteiger partial charge in [0.25, 0.3) is 0 Å². The van der Waals surface area contributed by atoms with Gasteiger partial charge in [0.15, 0.2) is 6.61 Å². The molecular formula is C13H15F2NO5. The van der Waals surface area contributed by atoms with E-state index >= 15 is 0 Å². The maximum Gasteiger partial charge on any atom is 0.408 e. The Labute approximate surface area is 119 Å². The second kappa shape index (κ2) is 5.63. The van der Waals surface area contributed by atoms with Crippen LogP contribution in [-0.4, -0.2) is 40.0 Å². The molecule has 0 saturated carbocycles. The van der Waals surface area contributed by atoms with E-state index in [9.17, 15) is 13.6 Å². The topological polar surface area (TPSA) is 66.0 Å². The van der Waals surface area contributed by atoms with Gasteiger partial charge in [-0.2, -0.15) is 0 Å². The largest absolute Gasteiger partial charge is 0.496 e. The summed E-state index contributed by atoms with van der Waals surface area (Å²) in [5.74, 6) is -2.67. The number of alkyl halides is 2. The summed E-state index contributed by atoms with van der Waals surface area (Å²) >= 11 is 0. The van der Waals surface area contributed by atoms with Gasteiger partial charge in [0.2, 0.25) is 0 Å². The minimum absolute atomic E-state index is 0.0300. The lowest BCUT2D eigenvalue weighted by Gasteiger charge is -2.33. The van der Waals surface area contributed by atoms with Crippen LogP contribution in [0.1, 0.15) is 11.6 Å². The highest BCUT2D eigenvalue weighted by molar-refractivity contribution is 5.70. The van der Waals surface area contributed by atoms with Gasteiger partial charge >= 0.3 is 12.0 Å². The first-order chi connectivity index (χ1) is 9.92. The molecule has 0 aliphatic carbocycles. The third kappa shape index (κ3) is 2.79. The first-order valence-corrected chi connectivity index (χ1v) is 6.04. The molecule has 1 heterocycles. The third-order valence-corrected chi connectivity index (χ3v) is 3.12. The van der Waals surface area contributed by atoms with Gasteiger partial charge in [-0.05, 0) is 0 Å². The molecule has 1 N–H and O–H groups in total. The summed E-state index contributed by atoms with van der Waals surface area (Å²) in [7, 11) is 4.09. The van der Waals surface area contributed by atoms with E-state index in [1.165, 1.54) is 33.5 Å². The number of cyclic esters (lactones) is 1. The Morgan fingerprint density at radius 3 is 2.24 bits per heavy atom. The molecule has 21 heavy (non-hydrogen) atoms. The summed E-state index contributed by atoms with van der Waals surface area (Å²) < 4.78 is 47.8. The SMILES string of the molecule is COc1cc(OC)c([C@H]2NC(=O)OCC2(F)F)c(OC)c1. The lowest BCUT2D eigenvalue weighted by Crippen LogP contribution is -2.49. The maximum atomic E-state index is 14.1. The third-order valence-electron chi connectivity index (χ3n) is 3.12. The fourth-order valence-electron chi connectivity index (χ4n) is 2.11. The van der Waals surface area contributed by atoms with Crippen LogP contribution in [0.2, 0.25) is 0 Å². The number of halogens is 2. The van der Waals surface area contributed by atoms with Crippen molar-refractivity contribution in [2.75, 3.05) is 27.9 Å². The first kappa shape index (κ1) is 15.1. The number of hydrogen-bond donors (Lipinski definition) is 1. The quantitative estimate of drug-likeness (QED) is 0.923. The summed E-state index contributed by atoms with van der Waals surface area (Å²) in [6.07, 6.45) is -0.925. The van der Waals surface area contributed by atoms with Gasteiger partial charge in [-0.1, -0.05) is 0 Å². The smallest absolute Gasteiger partial charge is 0.408 e. The number of amides is 1. The highest BCUT2D eigenvalue weighted by Crippen LogP contribution is 2.45. The van der Waals surface area contributed by atoms with Crippen molar-refractivity contribution in [3.63, 3.8) is 0 Å². The van der Waals surface area contributed by atoms with Gasteiger partial charge in [-0.15, -0.1) is 0 Å². The Morgan fingerprint density at radius 2 is 1.76 bits per heavy atom. The molecule has 1 saturated heterocycles. The molecule has 1 aromatic carbocycles. The standard InChI is InChI=1S/C13H15F2NO5/c1-18-7-4-8(19-2)10(9(5-7)20-3)11-13(14,15)6-21-12(17)16-11/h4-5,11H,6H2,1-3H3,(H,16,17)/t11-/m1/s1.